The molecule has 0 aromatic heterocycles. The van der Waals surface area contributed by atoms with E-state index in [-0.39, 0.29) is 11.8 Å². The predicted octanol–water partition coefficient (Wildman–Crippen LogP) is 1.26. The van der Waals surface area contributed by atoms with Gasteiger partial charge in [-0.1, -0.05) is 20.8 Å². The molecule has 2 amide bonds. The molecule has 0 saturated carbocycles. The first kappa shape index (κ1) is 14.9. The van der Waals surface area contributed by atoms with Crippen molar-refractivity contribution < 1.29 is 9.59 Å². The molecule has 0 radical (unpaired) electrons. The molecule has 1 N–H and O–H groups in total. The Morgan fingerprint density at radius 1 is 1.12 bits per heavy atom. The Balaban J connectivity index is 4.10. The molecule has 0 aromatic rings. The third-order valence-electron chi connectivity index (χ3n) is 2.83. The largest absolute Gasteiger partial charge is 0.347 e. The van der Waals surface area contributed by atoms with Crippen molar-refractivity contribution in [3.05, 3.63) is 0 Å². The number of nitrogens with zero attached hydrogens (tertiary/aromatic N) is 1. The van der Waals surface area contributed by atoms with Crippen molar-refractivity contribution in [2.75, 3.05) is 14.1 Å². The van der Waals surface area contributed by atoms with Gasteiger partial charge in [-0.3, -0.25) is 9.59 Å². The minimum absolute atomic E-state index is 0.0519. The summed E-state index contributed by atoms with van der Waals surface area (Å²) in [6.07, 6.45) is 0.475. The second-order valence-electron chi connectivity index (χ2n) is 4.95. The molecule has 0 aliphatic heterocycles. The van der Waals surface area contributed by atoms with Crippen LogP contribution in [-0.2, 0) is 9.59 Å². The number of amides is 2. The topological polar surface area (TPSA) is 49.4 Å². The first-order valence-corrected chi connectivity index (χ1v) is 5.76. The van der Waals surface area contributed by atoms with Gasteiger partial charge in [0.2, 0.25) is 11.8 Å². The summed E-state index contributed by atoms with van der Waals surface area (Å²) in [6.45, 7) is 7.93. The van der Waals surface area contributed by atoms with Crippen molar-refractivity contribution in [2.24, 2.45) is 11.8 Å². The average Bonchev–Trinajstić information content (AvgIpc) is 2.15. The van der Waals surface area contributed by atoms with E-state index in [0.29, 0.717) is 18.3 Å². The van der Waals surface area contributed by atoms with Crippen LogP contribution in [0.3, 0.4) is 0 Å². The molecule has 16 heavy (non-hydrogen) atoms. The monoisotopic (exact) mass is 228 g/mol. The number of hydrogen-bond donors (Lipinski definition) is 1. The number of hydrogen-bond acceptors (Lipinski definition) is 2. The number of likely N-dealkylation sites (N-methyl/N-ethyl adjacent to an activating group) is 1. The van der Waals surface area contributed by atoms with Crippen LogP contribution in [0.4, 0.5) is 0 Å². The summed E-state index contributed by atoms with van der Waals surface area (Å²) in [7, 11) is 3.36. The van der Waals surface area contributed by atoms with Crippen LogP contribution in [0.15, 0.2) is 0 Å². The SMILES string of the molecule is CC(C)[C@@H](C)CC(=O)N[C@H](C)C(=O)N(C)C. The Morgan fingerprint density at radius 3 is 2.00 bits per heavy atom. The summed E-state index contributed by atoms with van der Waals surface area (Å²) >= 11 is 0. The van der Waals surface area contributed by atoms with Gasteiger partial charge in [0.15, 0.2) is 0 Å². The van der Waals surface area contributed by atoms with Crippen molar-refractivity contribution >= 4 is 11.8 Å². The molecular weight excluding hydrogens is 204 g/mol. The van der Waals surface area contributed by atoms with Gasteiger partial charge in [0.1, 0.15) is 6.04 Å². The maximum absolute atomic E-state index is 11.6. The van der Waals surface area contributed by atoms with E-state index in [2.05, 4.69) is 19.2 Å². The smallest absolute Gasteiger partial charge is 0.244 e. The normalized spacial score (nSPS) is 14.4. The Labute approximate surface area is 98.4 Å². The van der Waals surface area contributed by atoms with Crippen molar-refractivity contribution in [1.29, 1.82) is 0 Å². The highest BCUT2D eigenvalue weighted by Crippen LogP contribution is 2.13. The first-order valence-electron chi connectivity index (χ1n) is 5.76. The van der Waals surface area contributed by atoms with Gasteiger partial charge in [-0.25, -0.2) is 0 Å². The van der Waals surface area contributed by atoms with E-state index in [1.165, 1.54) is 4.90 Å². The van der Waals surface area contributed by atoms with Crippen molar-refractivity contribution in [1.82, 2.24) is 10.2 Å². The van der Waals surface area contributed by atoms with Crippen LogP contribution < -0.4 is 5.32 Å². The lowest BCUT2D eigenvalue weighted by molar-refractivity contribution is -0.134. The lowest BCUT2D eigenvalue weighted by Gasteiger charge is -2.20. The molecule has 0 fully saturated rings. The quantitative estimate of drug-likeness (QED) is 0.770. The third-order valence-corrected chi connectivity index (χ3v) is 2.83. The Morgan fingerprint density at radius 2 is 1.62 bits per heavy atom. The summed E-state index contributed by atoms with van der Waals surface area (Å²) in [6, 6.07) is -0.443. The van der Waals surface area contributed by atoms with Gasteiger partial charge in [0.05, 0.1) is 0 Å². The fraction of sp³-hybridized carbons (Fsp3) is 0.833. The number of carbonyl (C=O) groups excluding carboxylic acids is 2. The molecule has 0 heterocycles. The highest BCUT2D eigenvalue weighted by Gasteiger charge is 2.19. The molecule has 0 spiro atoms. The maximum Gasteiger partial charge on any atom is 0.244 e. The second kappa shape index (κ2) is 6.51. The van der Waals surface area contributed by atoms with E-state index in [1.807, 2.05) is 6.92 Å². The van der Waals surface area contributed by atoms with Gasteiger partial charge >= 0.3 is 0 Å². The molecule has 94 valence electrons. The van der Waals surface area contributed by atoms with E-state index in [1.54, 1.807) is 21.0 Å². The molecular formula is C12H24N2O2. The number of nitrogens with one attached hydrogen (secondary N) is 1. The van der Waals surface area contributed by atoms with Gasteiger partial charge in [-0.2, -0.15) is 0 Å². The minimum Gasteiger partial charge on any atom is -0.347 e. The summed E-state index contributed by atoms with van der Waals surface area (Å²) in [5.74, 6) is 0.682. The molecule has 0 rings (SSSR count). The van der Waals surface area contributed by atoms with Gasteiger partial charge in [0, 0.05) is 20.5 Å². The van der Waals surface area contributed by atoms with Crippen LogP contribution in [0.25, 0.3) is 0 Å². The Kier molecular flexibility index (Phi) is 6.08. The minimum atomic E-state index is -0.443. The van der Waals surface area contributed by atoms with E-state index in [9.17, 15) is 9.59 Å². The molecule has 0 bridgehead atoms. The highest BCUT2D eigenvalue weighted by molar-refractivity contribution is 5.87. The fourth-order valence-corrected chi connectivity index (χ4v) is 1.28. The van der Waals surface area contributed by atoms with Crippen LogP contribution >= 0.6 is 0 Å². The van der Waals surface area contributed by atoms with Crippen molar-refractivity contribution in [3.8, 4) is 0 Å². The number of rotatable bonds is 5. The lowest BCUT2D eigenvalue weighted by Crippen LogP contribution is -2.44. The highest BCUT2D eigenvalue weighted by atomic mass is 16.2. The molecule has 0 aromatic carbocycles. The zero-order valence-corrected chi connectivity index (χ0v) is 11.2. The summed E-state index contributed by atoms with van der Waals surface area (Å²) in [5.41, 5.74) is 0. The molecule has 4 nitrogen and oxygen atoms in total. The fourth-order valence-electron chi connectivity index (χ4n) is 1.28. The zero-order chi connectivity index (χ0) is 12.9. The van der Waals surface area contributed by atoms with E-state index >= 15 is 0 Å². The summed E-state index contributed by atoms with van der Waals surface area (Å²) < 4.78 is 0. The predicted molar refractivity (Wildman–Crippen MR) is 64.9 cm³/mol. The summed E-state index contributed by atoms with van der Waals surface area (Å²) in [5, 5.41) is 2.72. The van der Waals surface area contributed by atoms with Crippen LogP contribution in [0.5, 0.6) is 0 Å². The van der Waals surface area contributed by atoms with Gasteiger partial charge in [0.25, 0.3) is 0 Å². The molecule has 4 heteroatoms. The Bertz CT molecular complexity index is 249. The van der Waals surface area contributed by atoms with E-state index in [4.69, 9.17) is 0 Å². The van der Waals surface area contributed by atoms with Crippen LogP contribution in [0.2, 0.25) is 0 Å². The molecule has 0 aliphatic rings. The molecule has 0 aliphatic carbocycles. The van der Waals surface area contributed by atoms with Gasteiger partial charge in [-0.05, 0) is 18.8 Å². The first-order chi connectivity index (χ1) is 7.25. The van der Waals surface area contributed by atoms with E-state index in [0.717, 1.165) is 0 Å². The van der Waals surface area contributed by atoms with Crippen molar-refractivity contribution in [2.45, 2.75) is 40.2 Å². The van der Waals surface area contributed by atoms with Gasteiger partial charge < -0.3 is 10.2 Å². The lowest BCUT2D eigenvalue weighted by atomic mass is 9.94. The maximum atomic E-state index is 11.6. The zero-order valence-electron chi connectivity index (χ0n) is 11.2. The molecule has 0 unspecified atom stereocenters. The molecule has 2 atom stereocenters. The van der Waals surface area contributed by atoms with Crippen LogP contribution in [0, 0.1) is 11.8 Å². The van der Waals surface area contributed by atoms with Gasteiger partial charge in [-0.15, -0.1) is 0 Å². The average molecular weight is 228 g/mol. The Hall–Kier alpha value is -1.06. The van der Waals surface area contributed by atoms with Crippen molar-refractivity contribution in [3.63, 3.8) is 0 Å². The van der Waals surface area contributed by atoms with Crippen LogP contribution in [-0.4, -0.2) is 36.9 Å². The van der Waals surface area contributed by atoms with E-state index < -0.39 is 6.04 Å². The number of carbonyl (C=O) groups is 2. The second-order valence-corrected chi connectivity index (χ2v) is 4.95. The molecule has 0 saturated heterocycles. The standard InChI is InChI=1S/C12H24N2O2/c1-8(2)9(3)7-11(15)13-10(4)12(16)14(5)6/h8-10H,7H2,1-6H3,(H,13,15)/t9-,10+/m0/s1. The third kappa shape index (κ3) is 5.14. The van der Waals surface area contributed by atoms with Crippen LogP contribution in [0.1, 0.15) is 34.1 Å². The summed E-state index contributed by atoms with van der Waals surface area (Å²) in [4.78, 5) is 24.6.